The SMILES string of the molecule is Cc1sc2ccccc2[n+]1CCCNNc1ccccc1. The number of nitrogens with zero attached hydrogens (tertiary/aromatic N) is 1. The number of aryl methyl sites for hydroxylation is 2. The number of nitrogens with one attached hydrogen (secondary N) is 2. The Morgan fingerprint density at radius 2 is 1.76 bits per heavy atom. The molecular weight excluding hydrogens is 278 g/mol. The van der Waals surface area contributed by atoms with E-state index in [1.165, 1.54) is 15.2 Å². The minimum Gasteiger partial charge on any atom is -0.322 e. The summed E-state index contributed by atoms with van der Waals surface area (Å²) < 4.78 is 3.77. The van der Waals surface area contributed by atoms with E-state index in [4.69, 9.17) is 0 Å². The largest absolute Gasteiger partial charge is 0.322 e. The molecule has 0 bridgehead atoms. The molecule has 2 aromatic carbocycles. The summed E-state index contributed by atoms with van der Waals surface area (Å²) in [6.45, 7) is 4.17. The molecule has 0 atom stereocenters. The Morgan fingerprint density at radius 3 is 2.62 bits per heavy atom. The van der Waals surface area contributed by atoms with Gasteiger partial charge in [-0.15, -0.1) is 0 Å². The lowest BCUT2D eigenvalue weighted by Crippen LogP contribution is -2.37. The molecule has 1 heterocycles. The molecule has 0 radical (unpaired) electrons. The normalized spacial score (nSPS) is 10.9. The summed E-state index contributed by atoms with van der Waals surface area (Å²) in [7, 11) is 0. The molecule has 0 saturated carbocycles. The molecule has 0 fully saturated rings. The van der Waals surface area contributed by atoms with Crippen LogP contribution in [0.2, 0.25) is 0 Å². The van der Waals surface area contributed by atoms with Crippen LogP contribution >= 0.6 is 11.3 Å². The lowest BCUT2D eigenvalue weighted by molar-refractivity contribution is -0.673. The Morgan fingerprint density at radius 1 is 1.00 bits per heavy atom. The van der Waals surface area contributed by atoms with Gasteiger partial charge < -0.3 is 5.43 Å². The molecule has 0 aliphatic rings. The number of anilines is 1. The fraction of sp³-hybridized carbons (Fsp3) is 0.235. The van der Waals surface area contributed by atoms with Gasteiger partial charge in [0.15, 0.2) is 6.54 Å². The first-order chi connectivity index (χ1) is 10.3. The average Bonchev–Trinajstić information content (AvgIpc) is 2.84. The van der Waals surface area contributed by atoms with Gasteiger partial charge in [-0.25, -0.2) is 5.43 Å². The molecule has 0 spiro atoms. The number of hydrogen-bond donors (Lipinski definition) is 2. The summed E-state index contributed by atoms with van der Waals surface area (Å²) in [6.07, 6.45) is 1.09. The lowest BCUT2D eigenvalue weighted by atomic mass is 10.3. The molecular formula is C17H20N3S+. The van der Waals surface area contributed by atoms with Crippen LogP contribution in [0.5, 0.6) is 0 Å². The van der Waals surface area contributed by atoms with E-state index in [1.54, 1.807) is 0 Å². The molecule has 2 N–H and O–H groups in total. The van der Waals surface area contributed by atoms with E-state index in [-0.39, 0.29) is 0 Å². The molecule has 108 valence electrons. The van der Waals surface area contributed by atoms with Crippen molar-refractivity contribution < 1.29 is 4.57 Å². The van der Waals surface area contributed by atoms with Crippen LogP contribution in [-0.4, -0.2) is 6.54 Å². The van der Waals surface area contributed by atoms with E-state index >= 15 is 0 Å². The fourth-order valence-electron chi connectivity index (χ4n) is 2.44. The quantitative estimate of drug-likeness (QED) is 0.414. The lowest BCUT2D eigenvalue weighted by Gasteiger charge is -2.06. The minimum absolute atomic E-state index is 0.936. The Balaban J connectivity index is 1.52. The van der Waals surface area contributed by atoms with Crippen LogP contribution in [0.3, 0.4) is 0 Å². The van der Waals surface area contributed by atoms with Gasteiger partial charge in [-0.1, -0.05) is 41.7 Å². The number of benzene rings is 2. The van der Waals surface area contributed by atoms with E-state index in [9.17, 15) is 0 Å². The number of hydrazine groups is 1. The Kier molecular flexibility index (Phi) is 4.48. The number of aromatic nitrogens is 1. The molecule has 21 heavy (non-hydrogen) atoms. The summed E-state index contributed by atoms with van der Waals surface area (Å²) in [4.78, 5) is 0. The van der Waals surface area contributed by atoms with Gasteiger partial charge in [0.25, 0.3) is 0 Å². The van der Waals surface area contributed by atoms with Crippen LogP contribution in [0.15, 0.2) is 54.6 Å². The number of fused-ring (bicyclic) bond motifs is 1. The monoisotopic (exact) mass is 298 g/mol. The first-order valence-electron chi connectivity index (χ1n) is 7.26. The Labute approximate surface area is 129 Å². The van der Waals surface area contributed by atoms with Gasteiger partial charge in [0, 0.05) is 31.6 Å². The van der Waals surface area contributed by atoms with E-state index < -0.39 is 0 Å². The van der Waals surface area contributed by atoms with Crippen LogP contribution in [-0.2, 0) is 6.54 Å². The van der Waals surface area contributed by atoms with Crippen LogP contribution in [0, 0.1) is 6.92 Å². The maximum atomic E-state index is 3.27. The van der Waals surface area contributed by atoms with Crippen molar-refractivity contribution in [3.05, 3.63) is 59.6 Å². The number of thiazole rings is 1. The highest BCUT2D eigenvalue weighted by Crippen LogP contribution is 2.19. The molecule has 0 aliphatic carbocycles. The average molecular weight is 298 g/mol. The third kappa shape index (κ3) is 3.40. The van der Waals surface area contributed by atoms with E-state index in [0.717, 1.165) is 25.2 Å². The highest BCUT2D eigenvalue weighted by Gasteiger charge is 2.15. The van der Waals surface area contributed by atoms with Gasteiger partial charge >= 0.3 is 0 Å². The van der Waals surface area contributed by atoms with Gasteiger partial charge in [0.05, 0.1) is 0 Å². The van der Waals surface area contributed by atoms with Crippen molar-refractivity contribution in [2.75, 3.05) is 12.0 Å². The molecule has 1 aromatic heterocycles. The first-order valence-corrected chi connectivity index (χ1v) is 8.08. The first kappa shape index (κ1) is 14.0. The zero-order valence-electron chi connectivity index (χ0n) is 12.2. The molecule has 0 unspecified atom stereocenters. The second kappa shape index (κ2) is 6.70. The fourth-order valence-corrected chi connectivity index (χ4v) is 3.49. The van der Waals surface area contributed by atoms with Crippen molar-refractivity contribution in [2.24, 2.45) is 0 Å². The summed E-state index contributed by atoms with van der Waals surface area (Å²) in [6, 6.07) is 18.8. The molecule has 0 amide bonds. The summed E-state index contributed by atoms with van der Waals surface area (Å²) in [5.41, 5.74) is 8.93. The van der Waals surface area contributed by atoms with Gasteiger partial charge in [-0.3, -0.25) is 0 Å². The molecule has 0 aliphatic heterocycles. The summed E-state index contributed by atoms with van der Waals surface area (Å²) >= 11 is 1.87. The van der Waals surface area contributed by atoms with Crippen LogP contribution in [0.4, 0.5) is 5.69 Å². The van der Waals surface area contributed by atoms with Crippen molar-refractivity contribution in [2.45, 2.75) is 19.9 Å². The summed E-state index contributed by atoms with van der Waals surface area (Å²) in [5, 5.41) is 1.37. The molecule has 3 aromatic rings. The van der Waals surface area contributed by atoms with Crippen molar-refractivity contribution in [1.29, 1.82) is 0 Å². The predicted octanol–water partition coefficient (Wildman–Crippen LogP) is 3.50. The van der Waals surface area contributed by atoms with Crippen molar-refractivity contribution in [3.63, 3.8) is 0 Å². The maximum absolute atomic E-state index is 3.27. The van der Waals surface area contributed by atoms with Gasteiger partial charge in [-0.2, -0.15) is 4.57 Å². The van der Waals surface area contributed by atoms with E-state index in [2.05, 4.69) is 58.7 Å². The number of rotatable bonds is 6. The zero-order chi connectivity index (χ0) is 14.5. The zero-order valence-corrected chi connectivity index (χ0v) is 13.0. The maximum Gasteiger partial charge on any atom is 0.235 e. The Bertz CT molecular complexity index is 706. The smallest absolute Gasteiger partial charge is 0.235 e. The second-order valence-corrected chi connectivity index (χ2v) is 6.25. The highest BCUT2D eigenvalue weighted by molar-refractivity contribution is 7.18. The van der Waals surface area contributed by atoms with Crippen LogP contribution in [0.25, 0.3) is 10.2 Å². The molecule has 3 nitrogen and oxygen atoms in total. The van der Waals surface area contributed by atoms with Gasteiger partial charge in [0.2, 0.25) is 10.5 Å². The predicted molar refractivity (Wildman–Crippen MR) is 89.4 cm³/mol. The standard InChI is InChI=1S/C17H20N3S/c1-14-20(16-10-5-6-11-17(16)21-14)13-7-12-18-19-15-8-3-2-4-9-15/h2-6,8-11,18-19H,7,12-13H2,1H3/q+1. The minimum atomic E-state index is 0.936. The number of para-hydroxylation sites is 2. The van der Waals surface area contributed by atoms with Gasteiger partial charge in [0.1, 0.15) is 4.70 Å². The third-order valence-corrected chi connectivity index (χ3v) is 4.56. The number of hydrogen-bond acceptors (Lipinski definition) is 3. The van der Waals surface area contributed by atoms with Crippen LogP contribution < -0.4 is 15.4 Å². The molecule has 0 saturated heterocycles. The van der Waals surface area contributed by atoms with Gasteiger partial charge in [-0.05, 0) is 18.2 Å². The van der Waals surface area contributed by atoms with Crippen molar-refractivity contribution in [3.8, 4) is 0 Å². The second-order valence-electron chi connectivity index (χ2n) is 5.01. The molecule has 4 heteroatoms. The van der Waals surface area contributed by atoms with Crippen molar-refractivity contribution in [1.82, 2.24) is 5.43 Å². The van der Waals surface area contributed by atoms with E-state index in [0.29, 0.717) is 0 Å². The third-order valence-electron chi connectivity index (χ3n) is 3.48. The molecule has 3 rings (SSSR count). The Hall–Kier alpha value is -1.91. The highest BCUT2D eigenvalue weighted by atomic mass is 32.1. The summed E-state index contributed by atoms with van der Waals surface area (Å²) in [5.74, 6) is 0. The van der Waals surface area contributed by atoms with E-state index in [1.807, 2.05) is 29.5 Å². The topological polar surface area (TPSA) is 27.9 Å². The van der Waals surface area contributed by atoms with Crippen LogP contribution in [0.1, 0.15) is 11.4 Å². The van der Waals surface area contributed by atoms with Crippen molar-refractivity contribution >= 4 is 27.2 Å².